The van der Waals surface area contributed by atoms with Crippen molar-refractivity contribution >= 4 is 40.9 Å². The van der Waals surface area contributed by atoms with Gasteiger partial charge >= 0.3 is 5.97 Å². The van der Waals surface area contributed by atoms with Crippen molar-refractivity contribution in [1.82, 2.24) is 8.75 Å². The van der Waals surface area contributed by atoms with Crippen LogP contribution in [0, 0.1) is 0 Å². The number of carboxylic acids is 1. The molecule has 0 saturated heterocycles. The number of aromatic carboxylic acids is 1. The smallest absolute Gasteiger partial charge is 0.337 e. The first-order chi connectivity index (χ1) is 8.58. The number of halogens is 1. The molecule has 92 valence electrons. The first kappa shape index (κ1) is 12.5. The summed E-state index contributed by atoms with van der Waals surface area (Å²) in [5, 5.41) is 11.5. The Kier molecular flexibility index (Phi) is 3.54. The molecule has 0 saturated carbocycles. The van der Waals surface area contributed by atoms with Gasteiger partial charge in [-0.05, 0) is 18.2 Å². The third-order valence-electron chi connectivity index (χ3n) is 2.05. The Balaban J connectivity index is 2.22. The summed E-state index contributed by atoms with van der Waals surface area (Å²) in [4.78, 5) is 22.5. The molecule has 0 unspecified atom stereocenters. The molecule has 1 heterocycles. The lowest BCUT2D eigenvalue weighted by Crippen LogP contribution is -2.12. The van der Waals surface area contributed by atoms with E-state index in [4.69, 9.17) is 16.7 Å². The molecule has 2 N–H and O–H groups in total. The quantitative estimate of drug-likeness (QED) is 0.900. The number of aromatic nitrogens is 2. The van der Waals surface area contributed by atoms with E-state index in [1.807, 2.05) is 0 Å². The van der Waals surface area contributed by atoms with E-state index >= 15 is 0 Å². The normalized spacial score (nSPS) is 10.1. The summed E-state index contributed by atoms with van der Waals surface area (Å²) < 4.78 is 7.46. The first-order valence-electron chi connectivity index (χ1n) is 4.69. The predicted molar refractivity (Wildman–Crippen MR) is 66.3 cm³/mol. The minimum absolute atomic E-state index is 0.0779. The van der Waals surface area contributed by atoms with Gasteiger partial charge in [-0.15, -0.1) is 0 Å². The maximum Gasteiger partial charge on any atom is 0.337 e. The number of nitrogens with one attached hydrogen (secondary N) is 1. The molecule has 1 amide bonds. The number of carbonyl (C=O) groups excluding carboxylic acids is 1. The minimum Gasteiger partial charge on any atom is -0.478 e. The summed E-state index contributed by atoms with van der Waals surface area (Å²) in [5.41, 5.74) is 0.424. The van der Waals surface area contributed by atoms with E-state index in [9.17, 15) is 9.59 Å². The number of rotatable bonds is 3. The monoisotopic (exact) mass is 283 g/mol. The van der Waals surface area contributed by atoms with Crippen molar-refractivity contribution in [2.45, 2.75) is 0 Å². The third kappa shape index (κ3) is 2.63. The van der Waals surface area contributed by atoms with E-state index in [0.717, 1.165) is 11.7 Å². The molecule has 2 rings (SSSR count). The van der Waals surface area contributed by atoms with Crippen molar-refractivity contribution in [3.8, 4) is 0 Å². The van der Waals surface area contributed by atoms with Gasteiger partial charge in [-0.3, -0.25) is 4.79 Å². The molecular formula is C10H6ClN3O3S. The highest BCUT2D eigenvalue weighted by Crippen LogP contribution is 2.20. The zero-order valence-electron chi connectivity index (χ0n) is 8.75. The average Bonchev–Trinajstić information content (AvgIpc) is 2.85. The summed E-state index contributed by atoms with van der Waals surface area (Å²) in [6.45, 7) is 0. The van der Waals surface area contributed by atoms with Crippen LogP contribution >= 0.6 is 23.3 Å². The number of nitrogens with zero attached hydrogens (tertiary/aromatic N) is 2. The maximum absolute atomic E-state index is 11.7. The summed E-state index contributed by atoms with van der Waals surface area (Å²) in [5.74, 6) is -1.62. The number of hydrogen-bond donors (Lipinski definition) is 2. The highest BCUT2D eigenvalue weighted by Gasteiger charge is 2.13. The Labute approximate surface area is 111 Å². The van der Waals surface area contributed by atoms with E-state index in [1.54, 1.807) is 0 Å². The van der Waals surface area contributed by atoms with E-state index in [1.165, 1.54) is 24.4 Å². The summed E-state index contributed by atoms with van der Waals surface area (Å²) in [6.07, 6.45) is 1.33. The van der Waals surface area contributed by atoms with Crippen molar-refractivity contribution in [2.24, 2.45) is 0 Å². The molecule has 6 nitrogen and oxygen atoms in total. The van der Waals surface area contributed by atoms with Crippen molar-refractivity contribution in [2.75, 3.05) is 5.32 Å². The molecule has 0 aliphatic carbocycles. The van der Waals surface area contributed by atoms with Crippen LogP contribution in [0.3, 0.4) is 0 Å². The molecule has 18 heavy (non-hydrogen) atoms. The number of carbonyl (C=O) groups is 2. The zero-order valence-corrected chi connectivity index (χ0v) is 10.3. The van der Waals surface area contributed by atoms with Gasteiger partial charge in [-0.1, -0.05) is 11.6 Å². The second-order valence-electron chi connectivity index (χ2n) is 3.25. The van der Waals surface area contributed by atoms with Crippen LogP contribution in [0.4, 0.5) is 5.69 Å². The predicted octanol–water partition coefficient (Wildman–Crippen LogP) is 2.14. The SMILES string of the molecule is O=C(Nc1ccc(Cl)c(C(=O)O)c1)c1cnsn1. The Morgan fingerprint density at radius 3 is 2.78 bits per heavy atom. The van der Waals surface area contributed by atoms with E-state index in [-0.39, 0.29) is 16.3 Å². The number of anilines is 1. The molecule has 0 aliphatic rings. The zero-order chi connectivity index (χ0) is 13.1. The van der Waals surface area contributed by atoms with Gasteiger partial charge in [-0.25, -0.2) is 4.79 Å². The van der Waals surface area contributed by atoms with Gasteiger partial charge in [0, 0.05) is 5.69 Å². The van der Waals surface area contributed by atoms with Gasteiger partial charge in [0.2, 0.25) is 0 Å². The third-order valence-corrected chi connectivity index (χ3v) is 2.86. The van der Waals surface area contributed by atoms with Gasteiger partial charge in [-0.2, -0.15) is 8.75 Å². The van der Waals surface area contributed by atoms with Crippen LogP contribution in [0.5, 0.6) is 0 Å². The molecular weight excluding hydrogens is 278 g/mol. The maximum atomic E-state index is 11.7. The van der Waals surface area contributed by atoms with Crippen LogP contribution in [0.1, 0.15) is 20.8 Å². The lowest BCUT2D eigenvalue weighted by atomic mass is 10.2. The van der Waals surface area contributed by atoms with E-state index < -0.39 is 11.9 Å². The van der Waals surface area contributed by atoms with Gasteiger partial charge in [0.15, 0.2) is 5.69 Å². The fourth-order valence-corrected chi connectivity index (χ4v) is 1.84. The molecule has 0 spiro atoms. The molecule has 0 atom stereocenters. The molecule has 1 aromatic carbocycles. The van der Waals surface area contributed by atoms with Crippen molar-refractivity contribution in [3.63, 3.8) is 0 Å². The van der Waals surface area contributed by atoms with E-state index in [2.05, 4.69) is 14.1 Å². The summed E-state index contributed by atoms with van der Waals surface area (Å²) in [6, 6.07) is 4.19. The Bertz CT molecular complexity index is 600. The van der Waals surface area contributed by atoms with Gasteiger partial charge in [0.25, 0.3) is 5.91 Å². The summed E-state index contributed by atoms with van der Waals surface area (Å²) in [7, 11) is 0. The largest absolute Gasteiger partial charge is 0.478 e. The van der Waals surface area contributed by atoms with Crippen LogP contribution in [0.15, 0.2) is 24.4 Å². The van der Waals surface area contributed by atoms with Gasteiger partial charge in [0.1, 0.15) is 0 Å². The Morgan fingerprint density at radius 2 is 2.17 bits per heavy atom. The molecule has 1 aromatic heterocycles. The topological polar surface area (TPSA) is 92.2 Å². The highest BCUT2D eigenvalue weighted by atomic mass is 35.5. The Hall–Kier alpha value is -1.99. The molecule has 0 fully saturated rings. The van der Waals surface area contributed by atoms with Crippen molar-refractivity contribution in [1.29, 1.82) is 0 Å². The molecule has 0 aliphatic heterocycles. The van der Waals surface area contributed by atoms with Crippen LogP contribution < -0.4 is 5.32 Å². The Morgan fingerprint density at radius 1 is 1.39 bits per heavy atom. The molecule has 8 heteroatoms. The van der Waals surface area contributed by atoms with Gasteiger partial charge in [0.05, 0.1) is 28.5 Å². The van der Waals surface area contributed by atoms with Crippen LogP contribution in [-0.4, -0.2) is 25.7 Å². The highest BCUT2D eigenvalue weighted by molar-refractivity contribution is 6.99. The number of hydrogen-bond acceptors (Lipinski definition) is 5. The second-order valence-corrected chi connectivity index (χ2v) is 4.21. The van der Waals surface area contributed by atoms with Gasteiger partial charge < -0.3 is 10.4 Å². The molecule has 2 aromatic rings. The fraction of sp³-hybridized carbons (Fsp3) is 0. The second kappa shape index (κ2) is 5.11. The van der Waals surface area contributed by atoms with E-state index in [0.29, 0.717) is 5.69 Å². The standard InChI is InChI=1S/C10H6ClN3O3S/c11-7-2-1-5(3-6(7)10(16)17)13-9(15)8-4-12-18-14-8/h1-4H,(H,13,15)(H,16,17). The van der Waals surface area contributed by atoms with Crippen molar-refractivity contribution < 1.29 is 14.7 Å². The number of amides is 1. The lowest BCUT2D eigenvalue weighted by Gasteiger charge is -2.05. The van der Waals surface area contributed by atoms with Crippen molar-refractivity contribution in [3.05, 3.63) is 40.7 Å². The van der Waals surface area contributed by atoms with Crippen LogP contribution in [0.25, 0.3) is 0 Å². The first-order valence-corrected chi connectivity index (χ1v) is 5.80. The summed E-state index contributed by atoms with van der Waals surface area (Å²) >= 11 is 6.63. The lowest BCUT2D eigenvalue weighted by molar-refractivity contribution is 0.0696. The molecule has 0 bridgehead atoms. The average molecular weight is 284 g/mol. The molecule has 0 radical (unpaired) electrons. The van der Waals surface area contributed by atoms with Crippen LogP contribution in [0.2, 0.25) is 5.02 Å². The van der Waals surface area contributed by atoms with Crippen LogP contribution in [-0.2, 0) is 0 Å². The fourth-order valence-electron chi connectivity index (χ4n) is 1.23. The minimum atomic E-state index is -1.16. The number of benzene rings is 1. The number of carboxylic acid groups (broad SMARTS) is 1.